The molecular weight excluding hydrogens is 270 g/mol. The third-order valence-corrected chi connectivity index (χ3v) is 4.43. The molecule has 106 valence electrons. The quantitative estimate of drug-likeness (QED) is 0.940. The molecule has 20 heavy (non-hydrogen) atoms. The monoisotopic (exact) mass is 289 g/mol. The highest BCUT2D eigenvalue weighted by atomic mass is 32.2. The first-order chi connectivity index (χ1) is 9.53. The summed E-state index contributed by atoms with van der Waals surface area (Å²) in [5.74, 6) is 2.60. The molecule has 0 amide bonds. The zero-order valence-electron chi connectivity index (χ0n) is 12.0. The average Bonchev–Trinajstić information content (AvgIpc) is 3.01. The summed E-state index contributed by atoms with van der Waals surface area (Å²) in [5.41, 5.74) is 1.35. The summed E-state index contributed by atoms with van der Waals surface area (Å²) >= 11 is 1.85. The fraction of sp³-hybridized carbons (Fsp3) is 0.467. The van der Waals surface area contributed by atoms with Crippen LogP contribution in [-0.2, 0) is 6.54 Å². The lowest BCUT2D eigenvalue weighted by Crippen LogP contribution is -2.35. The van der Waals surface area contributed by atoms with E-state index in [4.69, 9.17) is 4.42 Å². The van der Waals surface area contributed by atoms with E-state index in [-0.39, 0.29) is 11.5 Å². The first-order valence-electron chi connectivity index (χ1n) is 6.82. The van der Waals surface area contributed by atoms with Gasteiger partial charge in [0.15, 0.2) is 0 Å². The fourth-order valence-electron chi connectivity index (χ4n) is 2.19. The molecule has 3 rings (SSSR count). The zero-order chi connectivity index (χ0) is 14.2. The van der Waals surface area contributed by atoms with E-state index in [2.05, 4.69) is 60.6 Å². The number of nitrogens with zero attached hydrogens (tertiary/aromatic N) is 2. The topological polar surface area (TPSA) is 51.0 Å². The van der Waals surface area contributed by atoms with Gasteiger partial charge in [0.25, 0.3) is 0 Å². The maximum Gasteiger partial charge on any atom is 0.230 e. The van der Waals surface area contributed by atoms with Crippen molar-refractivity contribution in [3.8, 4) is 0 Å². The Hall–Kier alpha value is -1.33. The van der Waals surface area contributed by atoms with Crippen molar-refractivity contribution in [2.24, 2.45) is 0 Å². The van der Waals surface area contributed by atoms with Gasteiger partial charge in [0.05, 0.1) is 12.5 Å². The van der Waals surface area contributed by atoms with Gasteiger partial charge in [-0.15, -0.1) is 22.0 Å². The predicted octanol–water partition coefficient (Wildman–Crippen LogP) is 3.20. The van der Waals surface area contributed by atoms with E-state index in [9.17, 15) is 0 Å². The highest BCUT2D eigenvalue weighted by molar-refractivity contribution is 7.99. The van der Waals surface area contributed by atoms with E-state index in [0.29, 0.717) is 12.4 Å². The van der Waals surface area contributed by atoms with Crippen LogP contribution in [0, 0.1) is 0 Å². The van der Waals surface area contributed by atoms with E-state index in [1.165, 1.54) is 10.5 Å². The smallest absolute Gasteiger partial charge is 0.230 e. The minimum absolute atomic E-state index is 0.0461. The summed E-state index contributed by atoms with van der Waals surface area (Å²) in [6.07, 6.45) is 0. The molecule has 0 fully saturated rings. The maximum atomic E-state index is 5.82. The van der Waals surface area contributed by atoms with Crippen molar-refractivity contribution in [2.75, 3.05) is 5.75 Å². The normalized spacial score (nSPS) is 18.2. The zero-order valence-corrected chi connectivity index (χ0v) is 12.8. The second kappa shape index (κ2) is 5.22. The number of hydrogen-bond donors (Lipinski definition) is 1. The molecule has 2 heterocycles. The molecule has 0 bridgehead atoms. The van der Waals surface area contributed by atoms with Crippen molar-refractivity contribution in [3.05, 3.63) is 41.6 Å². The Labute approximate surface area is 123 Å². The van der Waals surface area contributed by atoms with Gasteiger partial charge >= 0.3 is 0 Å². The summed E-state index contributed by atoms with van der Waals surface area (Å²) in [4.78, 5) is 1.32. The predicted molar refractivity (Wildman–Crippen MR) is 79.9 cm³/mol. The lowest BCUT2D eigenvalue weighted by molar-refractivity contribution is 0.368. The van der Waals surface area contributed by atoms with Crippen LogP contribution in [0.3, 0.4) is 0 Å². The highest BCUT2D eigenvalue weighted by Crippen LogP contribution is 2.42. The van der Waals surface area contributed by atoms with Gasteiger partial charge in [-0.2, -0.15) is 0 Å². The van der Waals surface area contributed by atoms with Crippen molar-refractivity contribution in [1.29, 1.82) is 0 Å². The summed E-state index contributed by atoms with van der Waals surface area (Å²) < 4.78 is 5.82. The molecule has 0 aliphatic carbocycles. The molecule has 1 aromatic heterocycles. The van der Waals surface area contributed by atoms with Crippen LogP contribution >= 0.6 is 11.8 Å². The van der Waals surface area contributed by atoms with Crippen molar-refractivity contribution in [1.82, 2.24) is 15.5 Å². The third kappa shape index (κ3) is 2.88. The van der Waals surface area contributed by atoms with Gasteiger partial charge < -0.3 is 9.73 Å². The van der Waals surface area contributed by atoms with Crippen LogP contribution in [0.25, 0.3) is 0 Å². The number of benzene rings is 1. The minimum atomic E-state index is 0.0461. The molecule has 1 N–H and O–H groups in total. The standard InChI is InChI=1S/C15H19N3OS/c1-15(2,3)16-8-13-17-18-14(19-13)11-9-20-12-7-5-4-6-10(11)12/h4-7,11,16H,8-9H2,1-3H3. The van der Waals surface area contributed by atoms with Crippen molar-refractivity contribution >= 4 is 11.8 Å². The van der Waals surface area contributed by atoms with Gasteiger partial charge in [-0.05, 0) is 32.4 Å². The van der Waals surface area contributed by atoms with Crippen LogP contribution in [0.5, 0.6) is 0 Å². The average molecular weight is 289 g/mol. The Morgan fingerprint density at radius 1 is 1.30 bits per heavy atom. The molecule has 1 unspecified atom stereocenters. The first kappa shape index (κ1) is 13.6. The molecule has 1 aromatic carbocycles. The van der Waals surface area contributed by atoms with E-state index >= 15 is 0 Å². The minimum Gasteiger partial charge on any atom is -0.423 e. The van der Waals surface area contributed by atoms with Crippen LogP contribution in [0.15, 0.2) is 33.6 Å². The van der Waals surface area contributed by atoms with E-state index in [1.54, 1.807) is 0 Å². The SMILES string of the molecule is CC(C)(C)NCc1nnc(C2CSc3ccccc32)o1. The molecule has 1 aliphatic rings. The lowest BCUT2D eigenvalue weighted by atomic mass is 10.0. The molecule has 4 nitrogen and oxygen atoms in total. The van der Waals surface area contributed by atoms with Gasteiger partial charge in [-0.1, -0.05) is 18.2 Å². The Bertz CT molecular complexity index is 603. The molecule has 0 spiro atoms. The van der Waals surface area contributed by atoms with Crippen LogP contribution in [0.4, 0.5) is 0 Å². The first-order valence-corrected chi connectivity index (χ1v) is 7.80. The number of thioether (sulfide) groups is 1. The Balaban J connectivity index is 1.75. The number of hydrogen-bond acceptors (Lipinski definition) is 5. The fourth-order valence-corrected chi connectivity index (χ4v) is 3.41. The highest BCUT2D eigenvalue weighted by Gasteiger charge is 2.28. The summed E-state index contributed by atoms with van der Waals surface area (Å²) in [6.45, 7) is 6.97. The summed E-state index contributed by atoms with van der Waals surface area (Å²) in [5, 5.41) is 11.7. The van der Waals surface area contributed by atoms with Crippen molar-refractivity contribution < 1.29 is 4.42 Å². The second-order valence-electron chi connectivity index (χ2n) is 6.04. The lowest BCUT2D eigenvalue weighted by Gasteiger charge is -2.18. The van der Waals surface area contributed by atoms with Crippen LogP contribution < -0.4 is 5.32 Å². The number of nitrogens with one attached hydrogen (secondary N) is 1. The van der Waals surface area contributed by atoms with Crippen molar-refractivity contribution in [2.45, 2.75) is 43.7 Å². The Morgan fingerprint density at radius 3 is 2.90 bits per heavy atom. The van der Waals surface area contributed by atoms with Gasteiger partial charge in [0.2, 0.25) is 11.8 Å². The van der Waals surface area contributed by atoms with Crippen molar-refractivity contribution in [3.63, 3.8) is 0 Å². The van der Waals surface area contributed by atoms with E-state index < -0.39 is 0 Å². The molecule has 1 aliphatic heterocycles. The molecule has 1 atom stereocenters. The Morgan fingerprint density at radius 2 is 2.10 bits per heavy atom. The molecule has 5 heteroatoms. The molecular formula is C15H19N3OS. The molecule has 2 aromatic rings. The Kier molecular flexibility index (Phi) is 3.56. The number of aromatic nitrogens is 2. The van der Waals surface area contributed by atoms with E-state index in [1.807, 2.05) is 11.8 Å². The van der Waals surface area contributed by atoms with Gasteiger partial charge in [-0.25, -0.2) is 0 Å². The van der Waals surface area contributed by atoms with Crippen LogP contribution in [0.2, 0.25) is 0 Å². The molecule has 0 saturated heterocycles. The van der Waals surface area contributed by atoms with E-state index in [0.717, 1.165) is 11.6 Å². The molecule has 0 saturated carbocycles. The maximum absolute atomic E-state index is 5.82. The number of rotatable bonds is 3. The van der Waals surface area contributed by atoms with Gasteiger partial charge in [-0.3, -0.25) is 0 Å². The molecule has 0 radical (unpaired) electrons. The summed E-state index contributed by atoms with van der Waals surface area (Å²) in [7, 11) is 0. The van der Waals surface area contributed by atoms with Gasteiger partial charge in [0.1, 0.15) is 0 Å². The number of fused-ring (bicyclic) bond motifs is 1. The van der Waals surface area contributed by atoms with Gasteiger partial charge in [0, 0.05) is 16.2 Å². The summed E-state index contributed by atoms with van der Waals surface area (Å²) in [6, 6.07) is 8.44. The van der Waals surface area contributed by atoms with Crippen LogP contribution in [0.1, 0.15) is 44.0 Å². The second-order valence-corrected chi connectivity index (χ2v) is 7.10. The third-order valence-electron chi connectivity index (χ3n) is 3.25. The van der Waals surface area contributed by atoms with Crippen LogP contribution in [-0.4, -0.2) is 21.5 Å². The largest absolute Gasteiger partial charge is 0.423 e.